The van der Waals surface area contributed by atoms with Gasteiger partial charge in [-0.25, -0.2) is 4.98 Å². The maximum atomic E-state index is 12.8. The summed E-state index contributed by atoms with van der Waals surface area (Å²) < 4.78 is 43.5. The van der Waals surface area contributed by atoms with Crippen molar-refractivity contribution < 1.29 is 27.2 Å². The lowest BCUT2D eigenvalue weighted by atomic mass is 10.0. The number of carbonyl (C=O) groups is 2. The van der Waals surface area contributed by atoms with Gasteiger partial charge in [-0.15, -0.1) is 11.3 Å². The summed E-state index contributed by atoms with van der Waals surface area (Å²) in [5, 5.41) is 4.28. The monoisotopic (exact) mass is 403 g/mol. The van der Waals surface area contributed by atoms with E-state index in [9.17, 15) is 22.8 Å². The van der Waals surface area contributed by atoms with Crippen LogP contribution in [-0.2, 0) is 11.2 Å². The van der Waals surface area contributed by atoms with Crippen LogP contribution in [0.3, 0.4) is 0 Å². The van der Waals surface area contributed by atoms with Crippen LogP contribution in [0.25, 0.3) is 0 Å². The molecule has 0 aliphatic carbocycles. The summed E-state index contributed by atoms with van der Waals surface area (Å²) in [6.07, 6.45) is -3.41. The van der Waals surface area contributed by atoms with E-state index in [0.29, 0.717) is 5.69 Å². The average Bonchev–Trinajstić information content (AvgIpc) is 3.22. The summed E-state index contributed by atoms with van der Waals surface area (Å²) in [5.74, 6) is -1.19. The number of carbonyl (C=O) groups excluding carboxylic acids is 2. The highest BCUT2D eigenvalue weighted by atomic mass is 32.1. The molecule has 1 N–H and O–H groups in total. The normalized spacial score (nSPS) is 12.9. The summed E-state index contributed by atoms with van der Waals surface area (Å²) in [5.41, 5.74) is 0.294. The number of anilines is 1. The van der Waals surface area contributed by atoms with E-state index in [4.69, 9.17) is 4.42 Å². The van der Waals surface area contributed by atoms with Gasteiger partial charge in [0, 0.05) is 11.4 Å². The Labute approximate surface area is 158 Å². The maximum Gasteiger partial charge on any atom is 0.406 e. The summed E-state index contributed by atoms with van der Waals surface area (Å²) in [4.78, 5) is 29.3. The van der Waals surface area contributed by atoms with Crippen LogP contribution in [0, 0.1) is 5.92 Å². The highest BCUT2D eigenvalue weighted by molar-refractivity contribution is 7.14. The van der Waals surface area contributed by atoms with Gasteiger partial charge in [-0.3, -0.25) is 14.9 Å². The van der Waals surface area contributed by atoms with E-state index >= 15 is 0 Å². The second-order valence-corrected chi connectivity index (χ2v) is 7.23. The number of furan rings is 1. The number of nitrogens with zero attached hydrogens (tertiary/aromatic N) is 2. The standard InChI is InChI=1S/C17H20F3N3O3S/c1-10(2)11(3)23(9-17(18,19)20)14(24)7-12-8-27-16(21-12)22-15(25)13-5-4-6-26-13/h4-6,8,10-11H,7,9H2,1-3H3,(H,21,22,25). The predicted octanol–water partition coefficient (Wildman–Crippen LogP) is 3.97. The summed E-state index contributed by atoms with van der Waals surface area (Å²) >= 11 is 1.08. The van der Waals surface area contributed by atoms with E-state index in [1.54, 1.807) is 26.8 Å². The van der Waals surface area contributed by atoms with Crippen molar-refractivity contribution in [3.63, 3.8) is 0 Å². The highest BCUT2D eigenvalue weighted by Crippen LogP contribution is 2.23. The molecule has 2 amide bonds. The third kappa shape index (κ3) is 6.09. The Bertz CT molecular complexity index is 772. The van der Waals surface area contributed by atoms with Crippen LogP contribution >= 0.6 is 11.3 Å². The van der Waals surface area contributed by atoms with Crippen LogP contribution in [-0.4, -0.2) is 40.5 Å². The lowest BCUT2D eigenvalue weighted by Crippen LogP contribution is -2.47. The van der Waals surface area contributed by atoms with Crippen LogP contribution in [0.2, 0.25) is 0 Å². The maximum absolute atomic E-state index is 12.8. The molecular formula is C17H20F3N3O3S. The molecule has 1 unspecified atom stereocenters. The number of nitrogens with one attached hydrogen (secondary N) is 1. The number of hydrogen-bond acceptors (Lipinski definition) is 5. The van der Waals surface area contributed by atoms with Gasteiger partial charge in [-0.1, -0.05) is 13.8 Å². The van der Waals surface area contributed by atoms with Crippen molar-refractivity contribution in [1.82, 2.24) is 9.88 Å². The fourth-order valence-electron chi connectivity index (χ4n) is 2.28. The second-order valence-electron chi connectivity index (χ2n) is 6.37. The van der Waals surface area contributed by atoms with Crippen LogP contribution in [0.15, 0.2) is 28.2 Å². The first kappa shape index (κ1) is 20.9. The topological polar surface area (TPSA) is 75.4 Å². The third-order valence-electron chi connectivity index (χ3n) is 3.98. The van der Waals surface area contributed by atoms with Gasteiger partial charge >= 0.3 is 6.18 Å². The summed E-state index contributed by atoms with van der Waals surface area (Å²) in [6.45, 7) is 3.79. The molecule has 0 spiro atoms. The molecule has 0 saturated heterocycles. The van der Waals surface area contributed by atoms with Crippen LogP contribution < -0.4 is 5.32 Å². The number of amides is 2. The molecule has 0 saturated carbocycles. The highest BCUT2D eigenvalue weighted by Gasteiger charge is 2.36. The molecule has 0 fully saturated rings. The van der Waals surface area contributed by atoms with Crippen LogP contribution in [0.5, 0.6) is 0 Å². The molecule has 27 heavy (non-hydrogen) atoms. The van der Waals surface area contributed by atoms with Gasteiger partial charge < -0.3 is 9.32 Å². The predicted molar refractivity (Wildman–Crippen MR) is 94.5 cm³/mol. The van der Waals surface area contributed by atoms with Crippen molar-refractivity contribution in [1.29, 1.82) is 0 Å². The van der Waals surface area contributed by atoms with Gasteiger partial charge in [0.2, 0.25) is 5.91 Å². The minimum Gasteiger partial charge on any atom is -0.459 e. The number of rotatable bonds is 7. The molecule has 0 aromatic carbocycles. The molecule has 0 aliphatic heterocycles. The average molecular weight is 403 g/mol. The van der Waals surface area contributed by atoms with Crippen molar-refractivity contribution in [2.45, 2.75) is 39.4 Å². The quantitative estimate of drug-likeness (QED) is 0.759. The molecule has 2 aromatic rings. The molecule has 6 nitrogen and oxygen atoms in total. The van der Waals surface area contributed by atoms with E-state index in [0.717, 1.165) is 16.2 Å². The van der Waals surface area contributed by atoms with Crippen molar-refractivity contribution in [2.24, 2.45) is 5.92 Å². The first-order valence-electron chi connectivity index (χ1n) is 8.22. The Balaban J connectivity index is 2.04. The lowest BCUT2D eigenvalue weighted by Gasteiger charge is -2.32. The van der Waals surface area contributed by atoms with E-state index in [2.05, 4.69) is 10.3 Å². The number of hydrogen-bond donors (Lipinski definition) is 1. The SMILES string of the molecule is CC(C)C(C)N(CC(F)(F)F)C(=O)Cc1csc(NC(=O)c2ccco2)n1. The third-order valence-corrected chi connectivity index (χ3v) is 4.78. The Kier molecular flexibility index (Phi) is 6.63. The molecular weight excluding hydrogens is 383 g/mol. The zero-order chi connectivity index (χ0) is 20.2. The van der Waals surface area contributed by atoms with Crippen molar-refractivity contribution in [3.05, 3.63) is 35.2 Å². The first-order valence-corrected chi connectivity index (χ1v) is 9.10. The van der Waals surface area contributed by atoms with E-state index in [1.165, 1.54) is 17.7 Å². The number of aromatic nitrogens is 1. The largest absolute Gasteiger partial charge is 0.459 e. The van der Waals surface area contributed by atoms with Crippen LogP contribution in [0.4, 0.5) is 18.3 Å². The fraction of sp³-hybridized carbons (Fsp3) is 0.471. The van der Waals surface area contributed by atoms with Crippen molar-refractivity contribution in [3.8, 4) is 0 Å². The van der Waals surface area contributed by atoms with Gasteiger partial charge in [0.15, 0.2) is 10.9 Å². The summed E-state index contributed by atoms with van der Waals surface area (Å²) in [6, 6.07) is 2.47. The smallest absolute Gasteiger partial charge is 0.406 e. The first-order chi connectivity index (χ1) is 12.6. The second kappa shape index (κ2) is 8.55. The summed E-state index contributed by atoms with van der Waals surface area (Å²) in [7, 11) is 0. The van der Waals surface area contributed by atoms with Gasteiger partial charge in [-0.2, -0.15) is 13.2 Å². The van der Waals surface area contributed by atoms with Crippen molar-refractivity contribution in [2.75, 3.05) is 11.9 Å². The zero-order valence-corrected chi connectivity index (χ0v) is 15.9. The number of halogens is 3. The molecule has 2 heterocycles. The molecule has 1 atom stereocenters. The van der Waals surface area contributed by atoms with Gasteiger partial charge in [-0.05, 0) is 25.0 Å². The molecule has 148 valence electrons. The molecule has 10 heteroatoms. The van der Waals surface area contributed by atoms with E-state index in [-0.39, 0.29) is 23.2 Å². The van der Waals surface area contributed by atoms with Gasteiger partial charge in [0.25, 0.3) is 5.91 Å². The minimum absolute atomic E-state index is 0.102. The number of alkyl halides is 3. The lowest BCUT2D eigenvalue weighted by molar-refractivity contribution is -0.166. The minimum atomic E-state index is -4.48. The Morgan fingerprint density at radius 1 is 1.33 bits per heavy atom. The molecule has 0 bridgehead atoms. The Hall–Kier alpha value is -2.36. The number of thiazole rings is 1. The molecule has 2 aromatic heterocycles. The van der Waals surface area contributed by atoms with Gasteiger partial charge in [0.1, 0.15) is 6.54 Å². The van der Waals surface area contributed by atoms with E-state index < -0.39 is 30.6 Å². The molecule has 0 radical (unpaired) electrons. The molecule has 0 aliphatic rings. The van der Waals surface area contributed by atoms with Crippen molar-refractivity contribution >= 4 is 28.3 Å². The van der Waals surface area contributed by atoms with Crippen LogP contribution in [0.1, 0.15) is 37.0 Å². The zero-order valence-electron chi connectivity index (χ0n) is 15.0. The Morgan fingerprint density at radius 3 is 2.59 bits per heavy atom. The molecule has 2 rings (SSSR count). The van der Waals surface area contributed by atoms with E-state index in [1.807, 2.05) is 0 Å². The Morgan fingerprint density at radius 2 is 2.04 bits per heavy atom. The van der Waals surface area contributed by atoms with Gasteiger partial charge in [0.05, 0.1) is 18.4 Å². The fourth-order valence-corrected chi connectivity index (χ4v) is 2.99.